The van der Waals surface area contributed by atoms with Crippen molar-refractivity contribution in [1.82, 2.24) is 10.2 Å². The van der Waals surface area contributed by atoms with Crippen LogP contribution in [-0.4, -0.2) is 22.8 Å². The van der Waals surface area contributed by atoms with Crippen molar-refractivity contribution in [2.75, 3.05) is 0 Å². The Balaban J connectivity index is 1.66. The number of carbonyl (C=O) groups excluding carboxylic acids is 2. The molecule has 0 aliphatic heterocycles. The van der Waals surface area contributed by atoms with E-state index in [-0.39, 0.29) is 30.8 Å². The topological polar surface area (TPSA) is 49.4 Å². The third-order valence-corrected chi connectivity index (χ3v) is 7.77. The van der Waals surface area contributed by atoms with Gasteiger partial charge in [-0.05, 0) is 47.4 Å². The van der Waals surface area contributed by atoms with E-state index in [1.54, 1.807) is 16.2 Å². The highest BCUT2D eigenvalue weighted by Gasteiger charge is 2.34. The second-order valence-electron chi connectivity index (χ2n) is 7.78. The van der Waals surface area contributed by atoms with E-state index in [9.17, 15) is 9.59 Å². The Hall–Kier alpha value is -2.15. The first-order chi connectivity index (χ1) is 15.1. The van der Waals surface area contributed by atoms with Crippen molar-refractivity contribution < 1.29 is 9.59 Å². The average molecular weight is 473 g/mol. The maximum Gasteiger partial charge on any atom is 0.248 e. The SMILES string of the molecule is O=C(NC1CCCC1)[C@H](c1cccs1)N(Cc1ccccc1Cl)C(=O)Cc1cccs1. The average Bonchev–Trinajstić information content (AvgIpc) is 3.53. The zero-order valence-corrected chi connectivity index (χ0v) is 19.5. The van der Waals surface area contributed by atoms with Crippen LogP contribution in [0.2, 0.25) is 5.02 Å². The van der Waals surface area contributed by atoms with E-state index >= 15 is 0 Å². The summed E-state index contributed by atoms with van der Waals surface area (Å²) in [5, 5.41) is 7.71. The van der Waals surface area contributed by atoms with Crippen molar-refractivity contribution in [3.63, 3.8) is 0 Å². The lowest BCUT2D eigenvalue weighted by Gasteiger charge is -2.32. The van der Waals surface area contributed by atoms with Crippen molar-refractivity contribution in [1.29, 1.82) is 0 Å². The van der Waals surface area contributed by atoms with Gasteiger partial charge < -0.3 is 10.2 Å². The van der Waals surface area contributed by atoms with Gasteiger partial charge in [-0.15, -0.1) is 22.7 Å². The fraction of sp³-hybridized carbons (Fsp3) is 0.333. The highest BCUT2D eigenvalue weighted by molar-refractivity contribution is 7.10. The number of amides is 2. The molecule has 1 N–H and O–H groups in total. The fourth-order valence-corrected chi connectivity index (χ4v) is 5.74. The minimum absolute atomic E-state index is 0.0812. The maximum absolute atomic E-state index is 13.5. The Labute approximate surface area is 195 Å². The predicted molar refractivity (Wildman–Crippen MR) is 127 cm³/mol. The Kier molecular flexibility index (Phi) is 7.43. The molecule has 4 nitrogen and oxygen atoms in total. The molecule has 31 heavy (non-hydrogen) atoms. The smallest absolute Gasteiger partial charge is 0.248 e. The largest absolute Gasteiger partial charge is 0.351 e. The summed E-state index contributed by atoms with van der Waals surface area (Å²) in [6.45, 7) is 0.282. The van der Waals surface area contributed by atoms with Gasteiger partial charge in [-0.3, -0.25) is 9.59 Å². The molecule has 2 amide bonds. The molecule has 0 bridgehead atoms. The summed E-state index contributed by atoms with van der Waals surface area (Å²) in [4.78, 5) is 30.5. The van der Waals surface area contributed by atoms with Crippen LogP contribution in [-0.2, 0) is 22.6 Å². The van der Waals surface area contributed by atoms with Crippen LogP contribution in [0.3, 0.4) is 0 Å². The second-order valence-corrected chi connectivity index (χ2v) is 10.2. The standard InChI is InChI=1S/C24H25ClN2O2S2/c25-20-11-4-1-7-17(20)16-27(22(28)15-19-10-5-13-30-19)23(21-12-6-14-31-21)24(29)26-18-8-2-3-9-18/h1,4-7,10-14,18,23H,2-3,8-9,15-16H2,(H,26,29)/t23-/m0/s1. The van der Waals surface area contributed by atoms with Crippen LogP contribution in [0, 0.1) is 0 Å². The molecule has 3 aromatic rings. The fourth-order valence-electron chi connectivity index (χ4n) is 4.02. The van der Waals surface area contributed by atoms with Crippen molar-refractivity contribution in [2.24, 2.45) is 0 Å². The van der Waals surface area contributed by atoms with E-state index in [1.807, 2.05) is 59.3 Å². The van der Waals surface area contributed by atoms with E-state index in [4.69, 9.17) is 11.6 Å². The molecule has 1 saturated carbocycles. The molecule has 1 fully saturated rings. The Morgan fingerprint density at radius 1 is 1.03 bits per heavy atom. The van der Waals surface area contributed by atoms with Crippen molar-refractivity contribution >= 4 is 46.1 Å². The molecule has 0 radical (unpaired) electrons. The van der Waals surface area contributed by atoms with E-state index in [0.717, 1.165) is 41.0 Å². The summed E-state index contributed by atoms with van der Waals surface area (Å²) in [6.07, 6.45) is 4.53. The number of nitrogens with zero attached hydrogens (tertiary/aromatic N) is 1. The molecule has 7 heteroatoms. The first-order valence-electron chi connectivity index (χ1n) is 10.5. The van der Waals surface area contributed by atoms with Gasteiger partial charge in [0.1, 0.15) is 6.04 Å². The minimum Gasteiger partial charge on any atom is -0.351 e. The summed E-state index contributed by atoms with van der Waals surface area (Å²) in [5.74, 6) is -0.191. The molecule has 4 rings (SSSR count). The maximum atomic E-state index is 13.5. The molecule has 1 atom stereocenters. The van der Waals surface area contributed by atoms with Crippen LogP contribution in [0.4, 0.5) is 0 Å². The monoisotopic (exact) mass is 472 g/mol. The van der Waals surface area contributed by atoms with Gasteiger partial charge in [-0.2, -0.15) is 0 Å². The number of halogens is 1. The van der Waals surface area contributed by atoms with Gasteiger partial charge in [0, 0.05) is 27.4 Å². The van der Waals surface area contributed by atoms with Crippen LogP contribution >= 0.6 is 34.3 Å². The van der Waals surface area contributed by atoms with Gasteiger partial charge >= 0.3 is 0 Å². The summed E-state index contributed by atoms with van der Waals surface area (Å²) in [7, 11) is 0. The number of rotatable bonds is 8. The number of hydrogen-bond donors (Lipinski definition) is 1. The molecular weight excluding hydrogens is 448 g/mol. The number of thiophene rings is 2. The Morgan fingerprint density at radius 2 is 1.77 bits per heavy atom. The quantitative estimate of drug-likeness (QED) is 0.448. The Morgan fingerprint density at radius 3 is 2.45 bits per heavy atom. The summed E-state index contributed by atoms with van der Waals surface area (Å²) in [5.41, 5.74) is 0.832. The summed E-state index contributed by atoms with van der Waals surface area (Å²) in [6, 6.07) is 14.8. The third kappa shape index (κ3) is 5.56. The predicted octanol–water partition coefficient (Wildman–Crippen LogP) is 5.83. The molecule has 2 heterocycles. The van der Waals surface area contributed by atoms with Crippen LogP contribution in [0.25, 0.3) is 0 Å². The summed E-state index contributed by atoms with van der Waals surface area (Å²) >= 11 is 9.48. The molecule has 2 aromatic heterocycles. The number of benzene rings is 1. The van der Waals surface area contributed by atoms with Gasteiger partial charge in [0.05, 0.1) is 6.42 Å². The summed E-state index contributed by atoms with van der Waals surface area (Å²) < 4.78 is 0. The van der Waals surface area contributed by atoms with Gasteiger partial charge in [0.25, 0.3) is 0 Å². The van der Waals surface area contributed by atoms with Crippen molar-refractivity contribution in [3.8, 4) is 0 Å². The molecule has 1 aromatic carbocycles. The highest BCUT2D eigenvalue weighted by atomic mass is 35.5. The molecule has 162 valence electrons. The lowest BCUT2D eigenvalue weighted by molar-refractivity contribution is -0.141. The van der Waals surface area contributed by atoms with Gasteiger partial charge in [0.2, 0.25) is 11.8 Å². The first kappa shape index (κ1) is 22.1. The van der Waals surface area contributed by atoms with Crippen LogP contribution in [0.5, 0.6) is 0 Å². The number of nitrogens with one attached hydrogen (secondary N) is 1. The van der Waals surface area contributed by atoms with Gasteiger partial charge in [-0.25, -0.2) is 0 Å². The lowest BCUT2D eigenvalue weighted by atomic mass is 10.1. The second kappa shape index (κ2) is 10.4. The molecule has 0 spiro atoms. The Bertz CT molecular complexity index is 999. The number of hydrogen-bond acceptors (Lipinski definition) is 4. The molecule has 0 saturated heterocycles. The van der Waals surface area contributed by atoms with Gasteiger partial charge in [0.15, 0.2) is 0 Å². The van der Waals surface area contributed by atoms with E-state index in [1.165, 1.54) is 11.3 Å². The molecular formula is C24H25ClN2O2S2. The van der Waals surface area contributed by atoms with Crippen molar-refractivity contribution in [3.05, 3.63) is 79.6 Å². The highest BCUT2D eigenvalue weighted by Crippen LogP contribution is 2.31. The molecule has 1 aliphatic carbocycles. The zero-order chi connectivity index (χ0) is 21.6. The molecule has 0 unspecified atom stereocenters. The van der Waals surface area contributed by atoms with E-state index < -0.39 is 6.04 Å². The normalized spacial score (nSPS) is 15.0. The lowest BCUT2D eigenvalue weighted by Crippen LogP contribution is -2.46. The van der Waals surface area contributed by atoms with Crippen LogP contribution in [0.15, 0.2) is 59.3 Å². The first-order valence-corrected chi connectivity index (χ1v) is 12.6. The van der Waals surface area contributed by atoms with Crippen LogP contribution < -0.4 is 5.32 Å². The van der Waals surface area contributed by atoms with Crippen molar-refractivity contribution in [2.45, 2.75) is 50.7 Å². The zero-order valence-electron chi connectivity index (χ0n) is 17.1. The third-order valence-electron chi connectivity index (χ3n) is 5.60. The van der Waals surface area contributed by atoms with E-state index in [2.05, 4.69) is 5.32 Å². The molecule has 1 aliphatic rings. The van der Waals surface area contributed by atoms with Crippen LogP contribution in [0.1, 0.15) is 47.0 Å². The van der Waals surface area contributed by atoms with E-state index in [0.29, 0.717) is 5.02 Å². The van der Waals surface area contributed by atoms with Gasteiger partial charge in [-0.1, -0.05) is 54.8 Å². The minimum atomic E-state index is -0.677. The number of carbonyl (C=O) groups is 2.